The maximum atomic E-state index is 9.46. The van der Waals surface area contributed by atoms with Crippen LogP contribution in [0.15, 0.2) is 18.2 Å². The van der Waals surface area contributed by atoms with E-state index in [0.717, 1.165) is 38.5 Å². The van der Waals surface area contributed by atoms with Gasteiger partial charge in [0.15, 0.2) is 0 Å². The highest BCUT2D eigenvalue weighted by atomic mass is 16.5. The lowest BCUT2D eigenvalue weighted by Crippen LogP contribution is -2.60. The Morgan fingerprint density at radius 2 is 2.29 bits per heavy atom. The number of nitrogens with one attached hydrogen (secondary N) is 1. The van der Waals surface area contributed by atoms with Crippen LogP contribution in [0.25, 0.3) is 0 Å². The number of anilines is 1. The number of fused-ring (bicyclic) bond motifs is 2. The first kappa shape index (κ1) is 10.9. The summed E-state index contributed by atoms with van der Waals surface area (Å²) in [5.41, 5.74) is 2.71. The molecule has 1 fully saturated rings. The van der Waals surface area contributed by atoms with Crippen molar-refractivity contribution in [1.82, 2.24) is 4.90 Å². The van der Waals surface area contributed by atoms with Gasteiger partial charge in [0, 0.05) is 50.5 Å². The van der Waals surface area contributed by atoms with Crippen LogP contribution in [-0.2, 0) is 10.2 Å². The predicted molar refractivity (Wildman–Crippen MR) is 66.6 cm³/mol. The highest BCUT2D eigenvalue weighted by molar-refractivity contribution is 5.64. The van der Waals surface area contributed by atoms with E-state index in [1.165, 1.54) is 5.56 Å². The molecule has 0 atom stereocenters. The van der Waals surface area contributed by atoms with Crippen molar-refractivity contribution < 1.29 is 9.84 Å². The van der Waals surface area contributed by atoms with Gasteiger partial charge in [0.05, 0.1) is 6.61 Å². The minimum absolute atomic E-state index is 0.261. The van der Waals surface area contributed by atoms with E-state index in [4.69, 9.17) is 4.74 Å². The number of aromatic hydroxyl groups is 1. The van der Waals surface area contributed by atoms with Crippen molar-refractivity contribution >= 4 is 5.69 Å². The first-order valence-corrected chi connectivity index (χ1v) is 6.02. The Morgan fingerprint density at radius 3 is 3.06 bits per heavy atom. The molecule has 2 aliphatic heterocycles. The van der Waals surface area contributed by atoms with Gasteiger partial charge in [-0.3, -0.25) is 4.90 Å². The fourth-order valence-corrected chi connectivity index (χ4v) is 2.97. The van der Waals surface area contributed by atoms with Crippen molar-refractivity contribution in [2.75, 3.05) is 45.2 Å². The SMILES string of the molecule is COCCN1CC2(CNc3cc(O)ccc32)C1. The van der Waals surface area contributed by atoms with Gasteiger partial charge in [-0.2, -0.15) is 0 Å². The van der Waals surface area contributed by atoms with E-state index in [1.54, 1.807) is 13.2 Å². The molecule has 92 valence electrons. The van der Waals surface area contributed by atoms with E-state index < -0.39 is 0 Å². The van der Waals surface area contributed by atoms with E-state index >= 15 is 0 Å². The number of phenolic OH excluding ortho intramolecular Hbond substituents is 1. The van der Waals surface area contributed by atoms with Crippen molar-refractivity contribution in [3.63, 3.8) is 0 Å². The monoisotopic (exact) mass is 234 g/mol. The molecule has 1 spiro atoms. The third kappa shape index (κ3) is 1.68. The molecule has 2 aliphatic rings. The first-order valence-electron chi connectivity index (χ1n) is 6.02. The average Bonchev–Trinajstić information content (AvgIpc) is 2.63. The first-order chi connectivity index (χ1) is 8.23. The van der Waals surface area contributed by atoms with Gasteiger partial charge in [0.2, 0.25) is 0 Å². The van der Waals surface area contributed by atoms with Crippen LogP contribution in [0.4, 0.5) is 5.69 Å². The topological polar surface area (TPSA) is 44.7 Å². The molecular formula is C13H18N2O2. The van der Waals surface area contributed by atoms with E-state index in [9.17, 15) is 5.11 Å². The van der Waals surface area contributed by atoms with Crippen molar-refractivity contribution in [2.24, 2.45) is 0 Å². The fourth-order valence-electron chi connectivity index (χ4n) is 2.97. The van der Waals surface area contributed by atoms with Crippen LogP contribution in [0, 0.1) is 0 Å². The van der Waals surface area contributed by atoms with E-state index in [2.05, 4.69) is 16.3 Å². The highest BCUT2D eigenvalue weighted by Gasteiger charge is 2.48. The molecule has 1 saturated heterocycles. The maximum absolute atomic E-state index is 9.46. The number of likely N-dealkylation sites (tertiary alicyclic amines) is 1. The summed E-state index contributed by atoms with van der Waals surface area (Å²) < 4.78 is 5.09. The Morgan fingerprint density at radius 1 is 1.47 bits per heavy atom. The van der Waals surface area contributed by atoms with Crippen LogP contribution in [0.1, 0.15) is 5.56 Å². The normalized spacial score (nSPS) is 21.0. The number of hydrogen-bond acceptors (Lipinski definition) is 4. The van der Waals surface area contributed by atoms with E-state index in [-0.39, 0.29) is 5.41 Å². The number of ether oxygens (including phenoxy) is 1. The lowest BCUT2D eigenvalue weighted by atomic mass is 9.75. The van der Waals surface area contributed by atoms with Gasteiger partial charge in [-0.1, -0.05) is 6.07 Å². The Hall–Kier alpha value is -1.26. The fraction of sp³-hybridized carbons (Fsp3) is 0.538. The zero-order valence-corrected chi connectivity index (χ0v) is 10.1. The minimum Gasteiger partial charge on any atom is -0.508 e. The molecule has 0 saturated carbocycles. The summed E-state index contributed by atoms with van der Waals surface area (Å²) in [6, 6.07) is 5.66. The molecule has 0 unspecified atom stereocenters. The van der Waals surface area contributed by atoms with Crippen LogP contribution in [-0.4, -0.2) is 49.9 Å². The Kier molecular flexibility index (Phi) is 2.49. The van der Waals surface area contributed by atoms with Crippen LogP contribution < -0.4 is 5.32 Å². The van der Waals surface area contributed by atoms with Crippen LogP contribution in [0.2, 0.25) is 0 Å². The highest BCUT2D eigenvalue weighted by Crippen LogP contribution is 2.44. The molecule has 0 aliphatic carbocycles. The summed E-state index contributed by atoms with van der Waals surface area (Å²) in [4.78, 5) is 2.41. The molecular weight excluding hydrogens is 216 g/mol. The minimum atomic E-state index is 0.261. The second-order valence-corrected chi connectivity index (χ2v) is 5.07. The maximum Gasteiger partial charge on any atom is 0.117 e. The summed E-state index contributed by atoms with van der Waals surface area (Å²) in [5.74, 6) is 0.337. The third-order valence-electron chi connectivity index (χ3n) is 3.86. The number of methoxy groups -OCH3 is 1. The summed E-state index contributed by atoms with van der Waals surface area (Å²) in [6.45, 7) is 4.95. The number of phenols is 1. The van der Waals surface area contributed by atoms with Crippen molar-refractivity contribution in [1.29, 1.82) is 0 Å². The van der Waals surface area contributed by atoms with Crippen molar-refractivity contribution in [2.45, 2.75) is 5.41 Å². The summed E-state index contributed by atoms with van der Waals surface area (Å²) in [6.07, 6.45) is 0. The number of nitrogens with zero attached hydrogens (tertiary/aromatic N) is 1. The van der Waals surface area contributed by atoms with Crippen LogP contribution >= 0.6 is 0 Å². The molecule has 4 heteroatoms. The van der Waals surface area contributed by atoms with Crippen LogP contribution in [0.5, 0.6) is 5.75 Å². The molecule has 1 aromatic rings. The van der Waals surface area contributed by atoms with E-state index in [1.807, 2.05) is 6.07 Å². The molecule has 2 heterocycles. The van der Waals surface area contributed by atoms with Crippen molar-refractivity contribution in [3.8, 4) is 5.75 Å². The van der Waals surface area contributed by atoms with Gasteiger partial charge in [-0.25, -0.2) is 0 Å². The molecule has 0 amide bonds. The molecule has 3 rings (SSSR count). The van der Waals surface area contributed by atoms with Gasteiger partial charge in [-0.05, 0) is 11.6 Å². The van der Waals surface area contributed by atoms with Gasteiger partial charge < -0.3 is 15.2 Å². The molecule has 0 bridgehead atoms. The number of benzene rings is 1. The van der Waals surface area contributed by atoms with Crippen molar-refractivity contribution in [3.05, 3.63) is 23.8 Å². The van der Waals surface area contributed by atoms with Gasteiger partial charge in [0.25, 0.3) is 0 Å². The number of rotatable bonds is 3. The molecule has 17 heavy (non-hydrogen) atoms. The second kappa shape index (κ2) is 3.89. The average molecular weight is 234 g/mol. The Labute approximate surface area is 101 Å². The Bertz CT molecular complexity index is 427. The van der Waals surface area contributed by atoms with Gasteiger partial charge >= 0.3 is 0 Å². The number of hydrogen-bond donors (Lipinski definition) is 2. The van der Waals surface area contributed by atoms with Gasteiger partial charge in [0.1, 0.15) is 5.75 Å². The molecule has 2 N–H and O–H groups in total. The smallest absolute Gasteiger partial charge is 0.117 e. The van der Waals surface area contributed by atoms with E-state index in [0.29, 0.717) is 5.75 Å². The predicted octanol–water partition coefficient (Wildman–Crippen LogP) is 1.02. The lowest BCUT2D eigenvalue weighted by Gasteiger charge is -2.48. The van der Waals surface area contributed by atoms with Crippen LogP contribution in [0.3, 0.4) is 0 Å². The Balaban J connectivity index is 1.73. The standard InChI is InChI=1S/C13H18N2O2/c1-17-5-4-15-8-13(9-15)7-14-12-6-10(16)2-3-11(12)13/h2-3,6,14,16H,4-5,7-9H2,1H3. The lowest BCUT2D eigenvalue weighted by molar-refractivity contribution is 0.0493. The molecule has 0 radical (unpaired) electrons. The molecule has 0 aromatic heterocycles. The summed E-state index contributed by atoms with van der Waals surface area (Å²) in [7, 11) is 1.74. The summed E-state index contributed by atoms with van der Waals surface area (Å²) >= 11 is 0. The molecule has 4 nitrogen and oxygen atoms in total. The third-order valence-corrected chi connectivity index (χ3v) is 3.86. The zero-order chi connectivity index (χ0) is 11.9. The molecule has 1 aromatic carbocycles. The van der Waals surface area contributed by atoms with Gasteiger partial charge in [-0.15, -0.1) is 0 Å². The quantitative estimate of drug-likeness (QED) is 0.819. The summed E-state index contributed by atoms with van der Waals surface area (Å²) in [5, 5.41) is 12.9. The second-order valence-electron chi connectivity index (χ2n) is 5.07. The zero-order valence-electron chi connectivity index (χ0n) is 10.1. The largest absolute Gasteiger partial charge is 0.508 e.